The van der Waals surface area contributed by atoms with Gasteiger partial charge in [0.15, 0.2) is 11.6 Å². The molecule has 64 valence electrons. The van der Waals surface area contributed by atoms with E-state index in [1.54, 1.807) is 0 Å². The molecule has 2 nitrogen and oxygen atoms in total. The Morgan fingerprint density at radius 2 is 2.33 bits per heavy atom. The van der Waals surface area contributed by atoms with Gasteiger partial charge < -0.3 is 10.5 Å². The van der Waals surface area contributed by atoms with Crippen molar-refractivity contribution in [2.45, 2.75) is 6.04 Å². The number of nitrogens with two attached hydrogens (primary N) is 1. The van der Waals surface area contributed by atoms with E-state index in [0.717, 1.165) is 9.13 Å². The SMILES string of the molecule is NC1COc2c(F)cc(I)cc21. The zero-order chi connectivity index (χ0) is 8.72. The van der Waals surface area contributed by atoms with Crippen LogP contribution in [0, 0.1) is 9.39 Å². The van der Waals surface area contributed by atoms with E-state index in [0.29, 0.717) is 12.4 Å². The molecule has 0 aromatic heterocycles. The van der Waals surface area contributed by atoms with Gasteiger partial charge in [0.2, 0.25) is 0 Å². The predicted molar refractivity (Wildman–Crippen MR) is 51.5 cm³/mol. The molecule has 1 aliphatic heterocycles. The summed E-state index contributed by atoms with van der Waals surface area (Å²) in [6.07, 6.45) is 0. The summed E-state index contributed by atoms with van der Waals surface area (Å²) in [4.78, 5) is 0. The minimum absolute atomic E-state index is 0.177. The van der Waals surface area contributed by atoms with Gasteiger partial charge in [-0.05, 0) is 34.7 Å². The highest BCUT2D eigenvalue weighted by atomic mass is 127. The Kier molecular flexibility index (Phi) is 1.96. The Bertz CT molecular complexity index is 329. The minimum Gasteiger partial charge on any atom is -0.488 e. The molecule has 0 fully saturated rings. The van der Waals surface area contributed by atoms with E-state index >= 15 is 0 Å². The van der Waals surface area contributed by atoms with Gasteiger partial charge in [0, 0.05) is 9.13 Å². The van der Waals surface area contributed by atoms with Gasteiger partial charge in [-0.15, -0.1) is 0 Å². The highest BCUT2D eigenvalue weighted by Gasteiger charge is 2.24. The van der Waals surface area contributed by atoms with Crippen LogP contribution >= 0.6 is 22.6 Å². The van der Waals surface area contributed by atoms with Crippen molar-refractivity contribution in [3.8, 4) is 5.75 Å². The number of halogens is 2. The standard InChI is InChI=1S/C8H7FINO/c9-6-2-4(10)1-5-7(11)3-12-8(5)6/h1-2,7H,3,11H2. The highest BCUT2D eigenvalue weighted by molar-refractivity contribution is 14.1. The molecule has 1 aliphatic rings. The Labute approximate surface area is 83.0 Å². The Hall–Kier alpha value is -0.360. The largest absolute Gasteiger partial charge is 0.488 e. The summed E-state index contributed by atoms with van der Waals surface area (Å²) in [5, 5.41) is 0. The van der Waals surface area contributed by atoms with Crippen LogP contribution in [0.15, 0.2) is 12.1 Å². The van der Waals surface area contributed by atoms with Crippen molar-refractivity contribution in [2.75, 3.05) is 6.61 Å². The Morgan fingerprint density at radius 1 is 1.58 bits per heavy atom. The number of rotatable bonds is 0. The van der Waals surface area contributed by atoms with Crippen LogP contribution in [0.2, 0.25) is 0 Å². The van der Waals surface area contributed by atoms with E-state index in [-0.39, 0.29) is 11.9 Å². The topological polar surface area (TPSA) is 35.2 Å². The second-order valence-electron chi connectivity index (χ2n) is 2.72. The zero-order valence-electron chi connectivity index (χ0n) is 6.18. The molecule has 4 heteroatoms. The summed E-state index contributed by atoms with van der Waals surface area (Å²) in [5.41, 5.74) is 6.47. The molecule has 0 spiro atoms. The van der Waals surface area contributed by atoms with Crippen LogP contribution in [-0.4, -0.2) is 6.61 Å². The van der Waals surface area contributed by atoms with Gasteiger partial charge in [-0.3, -0.25) is 0 Å². The van der Waals surface area contributed by atoms with Gasteiger partial charge in [-0.2, -0.15) is 0 Å². The zero-order valence-corrected chi connectivity index (χ0v) is 8.34. The molecule has 0 radical (unpaired) electrons. The number of hydrogen-bond donors (Lipinski definition) is 1. The lowest BCUT2D eigenvalue weighted by atomic mass is 10.1. The first-order chi connectivity index (χ1) is 5.68. The molecule has 1 aromatic rings. The molecule has 1 atom stereocenters. The van der Waals surface area contributed by atoms with Crippen molar-refractivity contribution in [2.24, 2.45) is 5.73 Å². The highest BCUT2D eigenvalue weighted by Crippen LogP contribution is 2.34. The third-order valence-corrected chi connectivity index (χ3v) is 2.47. The van der Waals surface area contributed by atoms with Crippen LogP contribution < -0.4 is 10.5 Å². The van der Waals surface area contributed by atoms with E-state index in [9.17, 15) is 4.39 Å². The number of benzene rings is 1. The van der Waals surface area contributed by atoms with E-state index < -0.39 is 0 Å². The maximum Gasteiger partial charge on any atom is 0.166 e. The van der Waals surface area contributed by atoms with Crippen LogP contribution in [0.25, 0.3) is 0 Å². The van der Waals surface area contributed by atoms with Crippen LogP contribution in [0.4, 0.5) is 4.39 Å². The van der Waals surface area contributed by atoms with Crippen molar-refractivity contribution < 1.29 is 9.13 Å². The molecule has 2 rings (SSSR count). The first kappa shape index (κ1) is 8.25. The lowest BCUT2D eigenvalue weighted by Crippen LogP contribution is -2.10. The van der Waals surface area contributed by atoms with Crippen molar-refractivity contribution in [3.05, 3.63) is 27.1 Å². The maximum absolute atomic E-state index is 13.1. The fourth-order valence-electron chi connectivity index (χ4n) is 1.27. The van der Waals surface area contributed by atoms with Crippen molar-refractivity contribution in [1.82, 2.24) is 0 Å². The van der Waals surface area contributed by atoms with E-state index in [1.807, 2.05) is 6.07 Å². The van der Waals surface area contributed by atoms with Crippen LogP contribution in [0.1, 0.15) is 11.6 Å². The van der Waals surface area contributed by atoms with Crippen LogP contribution in [0.5, 0.6) is 5.75 Å². The average Bonchev–Trinajstić information content (AvgIpc) is 2.33. The average molecular weight is 279 g/mol. The van der Waals surface area contributed by atoms with Crippen molar-refractivity contribution in [1.29, 1.82) is 0 Å². The lowest BCUT2D eigenvalue weighted by molar-refractivity contribution is 0.319. The number of hydrogen-bond acceptors (Lipinski definition) is 2. The summed E-state index contributed by atoms with van der Waals surface area (Å²) in [6, 6.07) is 3.12. The first-order valence-electron chi connectivity index (χ1n) is 3.56. The van der Waals surface area contributed by atoms with Gasteiger partial charge in [0.1, 0.15) is 6.61 Å². The molecule has 0 aliphatic carbocycles. The number of ether oxygens (including phenoxy) is 1. The third-order valence-electron chi connectivity index (χ3n) is 1.84. The van der Waals surface area contributed by atoms with Gasteiger partial charge in [0.25, 0.3) is 0 Å². The molecule has 0 saturated heterocycles. The van der Waals surface area contributed by atoms with E-state index in [4.69, 9.17) is 10.5 Å². The summed E-state index contributed by atoms with van der Waals surface area (Å²) >= 11 is 2.06. The van der Waals surface area contributed by atoms with Crippen molar-refractivity contribution in [3.63, 3.8) is 0 Å². The predicted octanol–water partition coefficient (Wildman–Crippen LogP) is 1.82. The summed E-state index contributed by atoms with van der Waals surface area (Å²) in [6.45, 7) is 0.381. The number of fused-ring (bicyclic) bond motifs is 1. The minimum atomic E-state index is -0.315. The summed E-state index contributed by atoms with van der Waals surface area (Å²) in [7, 11) is 0. The summed E-state index contributed by atoms with van der Waals surface area (Å²) < 4.78 is 19.1. The molecule has 0 amide bonds. The molecule has 0 saturated carbocycles. The van der Waals surface area contributed by atoms with Gasteiger partial charge in [-0.25, -0.2) is 4.39 Å². The van der Waals surface area contributed by atoms with E-state index in [1.165, 1.54) is 6.07 Å². The molecule has 1 aromatic carbocycles. The Morgan fingerprint density at radius 3 is 3.08 bits per heavy atom. The molecule has 2 N–H and O–H groups in total. The normalized spacial score (nSPS) is 20.4. The van der Waals surface area contributed by atoms with Gasteiger partial charge >= 0.3 is 0 Å². The quantitative estimate of drug-likeness (QED) is 0.735. The third kappa shape index (κ3) is 1.19. The fourth-order valence-corrected chi connectivity index (χ4v) is 1.88. The monoisotopic (exact) mass is 279 g/mol. The lowest BCUT2D eigenvalue weighted by Gasteiger charge is -2.01. The maximum atomic E-state index is 13.1. The molecule has 1 unspecified atom stereocenters. The van der Waals surface area contributed by atoms with Crippen molar-refractivity contribution >= 4 is 22.6 Å². The smallest absolute Gasteiger partial charge is 0.166 e. The molecule has 1 heterocycles. The van der Waals surface area contributed by atoms with Gasteiger partial charge in [0.05, 0.1) is 6.04 Å². The molecule has 12 heavy (non-hydrogen) atoms. The molecular formula is C8H7FINO. The summed E-state index contributed by atoms with van der Waals surface area (Å²) in [5.74, 6) is 0.00719. The molecule has 0 bridgehead atoms. The second-order valence-corrected chi connectivity index (χ2v) is 3.97. The Balaban J connectivity index is 2.60. The van der Waals surface area contributed by atoms with Gasteiger partial charge in [-0.1, -0.05) is 0 Å². The molecular weight excluding hydrogens is 272 g/mol. The van der Waals surface area contributed by atoms with Crippen LogP contribution in [0.3, 0.4) is 0 Å². The second kappa shape index (κ2) is 2.85. The fraction of sp³-hybridized carbons (Fsp3) is 0.250. The van der Waals surface area contributed by atoms with E-state index in [2.05, 4.69) is 22.6 Å². The van der Waals surface area contributed by atoms with Crippen LogP contribution in [-0.2, 0) is 0 Å². The first-order valence-corrected chi connectivity index (χ1v) is 4.63.